The van der Waals surface area contributed by atoms with Crippen LogP contribution in [0.2, 0.25) is 0 Å². The van der Waals surface area contributed by atoms with E-state index in [9.17, 15) is 0 Å². The zero-order valence-corrected chi connectivity index (χ0v) is 11.9. The van der Waals surface area contributed by atoms with Crippen molar-refractivity contribution in [1.29, 1.82) is 0 Å². The minimum absolute atomic E-state index is 0.668. The van der Waals surface area contributed by atoms with Gasteiger partial charge in [0, 0.05) is 37.4 Å². The van der Waals surface area contributed by atoms with E-state index in [2.05, 4.69) is 24.2 Å². The Labute approximate surface area is 111 Å². The van der Waals surface area contributed by atoms with Crippen molar-refractivity contribution in [2.75, 3.05) is 20.3 Å². The fraction of sp³-hybridized carbons (Fsp3) is 1.00. The van der Waals surface area contributed by atoms with Crippen LogP contribution in [0.5, 0.6) is 0 Å². The van der Waals surface area contributed by atoms with Crippen LogP contribution in [-0.4, -0.2) is 49.3 Å². The summed E-state index contributed by atoms with van der Waals surface area (Å²) >= 11 is 0. The lowest BCUT2D eigenvalue weighted by atomic mass is 9.90. The van der Waals surface area contributed by atoms with Crippen LogP contribution in [0.25, 0.3) is 0 Å². The van der Waals surface area contributed by atoms with Gasteiger partial charge in [-0.15, -0.1) is 0 Å². The minimum atomic E-state index is 0.668. The standard InChI is InChI=1S/C15H28N2O/c1-11(12-5-7-18-8-6-12)16-13-9-14-3-4-15(10-13)17(14)2/h11-16H,3-10H2,1-2H3. The molecule has 0 aliphatic carbocycles. The first-order valence-corrected chi connectivity index (χ1v) is 7.79. The van der Waals surface area contributed by atoms with Gasteiger partial charge in [-0.1, -0.05) is 0 Å². The molecule has 0 aromatic rings. The first-order chi connectivity index (χ1) is 8.74. The van der Waals surface area contributed by atoms with Crippen LogP contribution in [0, 0.1) is 5.92 Å². The van der Waals surface area contributed by atoms with Gasteiger partial charge in [0.15, 0.2) is 0 Å². The van der Waals surface area contributed by atoms with E-state index in [0.717, 1.165) is 37.3 Å². The predicted molar refractivity (Wildman–Crippen MR) is 73.7 cm³/mol. The molecule has 0 aromatic carbocycles. The summed E-state index contributed by atoms with van der Waals surface area (Å²) in [6.45, 7) is 4.32. The fourth-order valence-electron chi connectivity index (χ4n) is 4.27. The van der Waals surface area contributed by atoms with Gasteiger partial charge in [-0.2, -0.15) is 0 Å². The van der Waals surface area contributed by atoms with E-state index in [1.807, 2.05) is 0 Å². The Kier molecular flexibility index (Phi) is 3.92. The Hall–Kier alpha value is -0.120. The summed E-state index contributed by atoms with van der Waals surface area (Å²) in [4.78, 5) is 2.62. The lowest BCUT2D eigenvalue weighted by Gasteiger charge is -2.39. The van der Waals surface area contributed by atoms with Crippen LogP contribution in [0.1, 0.15) is 45.4 Å². The molecular weight excluding hydrogens is 224 g/mol. The van der Waals surface area contributed by atoms with Crippen LogP contribution in [0.4, 0.5) is 0 Å². The van der Waals surface area contributed by atoms with Crippen LogP contribution in [-0.2, 0) is 4.74 Å². The number of nitrogens with zero attached hydrogens (tertiary/aromatic N) is 1. The molecule has 18 heavy (non-hydrogen) atoms. The average Bonchev–Trinajstić information content (AvgIpc) is 2.63. The predicted octanol–water partition coefficient (Wildman–Crippen LogP) is 2.02. The summed E-state index contributed by atoms with van der Waals surface area (Å²) in [5, 5.41) is 3.93. The van der Waals surface area contributed by atoms with Gasteiger partial charge in [-0.3, -0.25) is 0 Å². The van der Waals surface area contributed by atoms with E-state index >= 15 is 0 Å². The molecular formula is C15H28N2O. The Morgan fingerprint density at radius 1 is 1.06 bits per heavy atom. The molecule has 3 heteroatoms. The number of nitrogens with one attached hydrogen (secondary N) is 1. The maximum absolute atomic E-state index is 5.46. The highest BCUT2D eigenvalue weighted by Crippen LogP contribution is 2.34. The molecule has 3 unspecified atom stereocenters. The lowest BCUT2D eigenvalue weighted by molar-refractivity contribution is 0.0508. The topological polar surface area (TPSA) is 24.5 Å². The molecule has 0 radical (unpaired) electrons. The van der Waals surface area contributed by atoms with Crippen LogP contribution < -0.4 is 5.32 Å². The third-order valence-corrected chi connectivity index (χ3v) is 5.57. The molecule has 3 aliphatic rings. The van der Waals surface area contributed by atoms with Gasteiger partial charge in [0.05, 0.1) is 0 Å². The Morgan fingerprint density at radius 2 is 1.67 bits per heavy atom. The third-order valence-electron chi connectivity index (χ3n) is 5.57. The number of ether oxygens (including phenoxy) is 1. The molecule has 0 aromatic heterocycles. The fourth-order valence-corrected chi connectivity index (χ4v) is 4.27. The molecule has 3 nitrogen and oxygen atoms in total. The highest BCUT2D eigenvalue weighted by molar-refractivity contribution is 4.96. The summed E-state index contributed by atoms with van der Waals surface area (Å²) < 4.78 is 5.46. The molecule has 0 amide bonds. The van der Waals surface area contributed by atoms with E-state index in [0.29, 0.717) is 6.04 Å². The third kappa shape index (κ3) is 2.59. The molecule has 3 saturated heterocycles. The zero-order chi connectivity index (χ0) is 12.5. The Morgan fingerprint density at radius 3 is 2.28 bits per heavy atom. The minimum Gasteiger partial charge on any atom is -0.381 e. The second-order valence-electron chi connectivity index (χ2n) is 6.62. The molecule has 104 valence electrons. The maximum Gasteiger partial charge on any atom is 0.0469 e. The molecule has 3 rings (SSSR count). The molecule has 3 aliphatic heterocycles. The normalized spacial score (nSPS) is 40.0. The van der Waals surface area contributed by atoms with Gasteiger partial charge >= 0.3 is 0 Å². The first kappa shape index (κ1) is 12.9. The Bertz CT molecular complexity index is 264. The summed E-state index contributed by atoms with van der Waals surface area (Å²) in [6, 6.07) is 3.13. The number of piperidine rings is 1. The van der Waals surface area contributed by atoms with Crippen molar-refractivity contribution in [2.24, 2.45) is 5.92 Å². The summed E-state index contributed by atoms with van der Waals surface area (Å²) in [7, 11) is 2.32. The highest BCUT2D eigenvalue weighted by atomic mass is 16.5. The maximum atomic E-state index is 5.46. The summed E-state index contributed by atoms with van der Waals surface area (Å²) in [5.74, 6) is 0.830. The lowest BCUT2D eigenvalue weighted by Crippen LogP contribution is -2.51. The molecule has 3 heterocycles. The smallest absolute Gasteiger partial charge is 0.0469 e. The number of hydrogen-bond donors (Lipinski definition) is 1. The average molecular weight is 252 g/mol. The van der Waals surface area contributed by atoms with Gasteiger partial charge in [0.2, 0.25) is 0 Å². The van der Waals surface area contributed by atoms with E-state index in [1.165, 1.54) is 38.5 Å². The van der Waals surface area contributed by atoms with Gasteiger partial charge in [-0.25, -0.2) is 0 Å². The number of fused-ring (bicyclic) bond motifs is 2. The molecule has 0 spiro atoms. The van der Waals surface area contributed by atoms with Crippen molar-refractivity contribution >= 4 is 0 Å². The van der Waals surface area contributed by atoms with Crippen molar-refractivity contribution in [3.8, 4) is 0 Å². The van der Waals surface area contributed by atoms with Crippen molar-refractivity contribution in [3.63, 3.8) is 0 Å². The van der Waals surface area contributed by atoms with Gasteiger partial charge in [-0.05, 0) is 58.4 Å². The van der Waals surface area contributed by atoms with Crippen molar-refractivity contribution in [3.05, 3.63) is 0 Å². The van der Waals surface area contributed by atoms with E-state index in [4.69, 9.17) is 4.74 Å². The zero-order valence-electron chi connectivity index (χ0n) is 11.9. The number of rotatable bonds is 3. The number of hydrogen-bond acceptors (Lipinski definition) is 3. The van der Waals surface area contributed by atoms with Crippen molar-refractivity contribution in [1.82, 2.24) is 10.2 Å². The quantitative estimate of drug-likeness (QED) is 0.831. The molecule has 3 fully saturated rings. The van der Waals surface area contributed by atoms with Crippen LogP contribution >= 0.6 is 0 Å². The molecule has 1 N–H and O–H groups in total. The van der Waals surface area contributed by atoms with Crippen molar-refractivity contribution in [2.45, 2.75) is 69.6 Å². The second-order valence-corrected chi connectivity index (χ2v) is 6.62. The van der Waals surface area contributed by atoms with Gasteiger partial charge in [0.25, 0.3) is 0 Å². The summed E-state index contributed by atoms with van der Waals surface area (Å²) in [5.41, 5.74) is 0. The SMILES string of the molecule is CC(NC1CC2CCC(C1)N2C)C1CCOCC1. The van der Waals surface area contributed by atoms with Crippen LogP contribution in [0.15, 0.2) is 0 Å². The van der Waals surface area contributed by atoms with E-state index in [1.54, 1.807) is 0 Å². The van der Waals surface area contributed by atoms with E-state index < -0.39 is 0 Å². The van der Waals surface area contributed by atoms with Gasteiger partial charge in [0.1, 0.15) is 0 Å². The largest absolute Gasteiger partial charge is 0.381 e. The second kappa shape index (κ2) is 5.48. The van der Waals surface area contributed by atoms with Crippen molar-refractivity contribution < 1.29 is 4.74 Å². The van der Waals surface area contributed by atoms with Gasteiger partial charge < -0.3 is 15.0 Å². The molecule has 2 bridgehead atoms. The first-order valence-electron chi connectivity index (χ1n) is 7.79. The highest BCUT2D eigenvalue weighted by Gasteiger charge is 2.39. The monoisotopic (exact) mass is 252 g/mol. The Balaban J connectivity index is 1.51. The molecule has 3 atom stereocenters. The van der Waals surface area contributed by atoms with E-state index in [-0.39, 0.29) is 0 Å². The molecule has 0 saturated carbocycles. The van der Waals surface area contributed by atoms with Crippen LogP contribution in [0.3, 0.4) is 0 Å². The summed E-state index contributed by atoms with van der Waals surface area (Å²) in [6.07, 6.45) is 8.05.